The molecule has 0 saturated carbocycles. The van der Waals surface area contributed by atoms with Crippen LogP contribution in [0.1, 0.15) is 10.4 Å². The normalized spacial score (nSPS) is 15.9. The van der Waals surface area contributed by atoms with Crippen LogP contribution in [0.2, 0.25) is 0 Å². The lowest BCUT2D eigenvalue weighted by atomic mass is 10.2. The quantitative estimate of drug-likeness (QED) is 0.754. The Morgan fingerprint density at radius 1 is 1.16 bits per heavy atom. The van der Waals surface area contributed by atoms with Crippen molar-refractivity contribution in [1.29, 1.82) is 0 Å². The minimum Gasteiger partial charge on any atom is -0.497 e. The van der Waals surface area contributed by atoms with Crippen LogP contribution < -0.4 is 19.9 Å². The van der Waals surface area contributed by atoms with Crippen molar-refractivity contribution in [3.63, 3.8) is 0 Å². The van der Waals surface area contributed by atoms with Gasteiger partial charge in [-0.2, -0.15) is 5.43 Å². The van der Waals surface area contributed by atoms with Gasteiger partial charge in [-0.15, -0.1) is 0 Å². The highest BCUT2D eigenvalue weighted by Crippen LogP contribution is 2.22. The molecule has 0 atom stereocenters. The van der Waals surface area contributed by atoms with Gasteiger partial charge < -0.3 is 14.2 Å². The number of rotatable bonds is 4. The fourth-order valence-electron chi connectivity index (χ4n) is 1.91. The summed E-state index contributed by atoms with van der Waals surface area (Å²) in [5.74, 6) is 1.05. The van der Waals surface area contributed by atoms with E-state index in [0.29, 0.717) is 30.3 Å². The molecule has 0 bridgehead atoms. The fourth-order valence-corrected chi connectivity index (χ4v) is 1.91. The molecule has 0 aromatic heterocycles. The van der Waals surface area contributed by atoms with Gasteiger partial charge in [0.2, 0.25) is 0 Å². The summed E-state index contributed by atoms with van der Waals surface area (Å²) >= 11 is 0. The second-order valence-electron chi connectivity index (χ2n) is 4.27. The molecule has 6 nitrogen and oxygen atoms in total. The van der Waals surface area contributed by atoms with Crippen molar-refractivity contribution in [3.05, 3.63) is 23.8 Å². The number of benzene rings is 1. The first-order chi connectivity index (χ1) is 9.22. The topological polar surface area (TPSA) is 61.2 Å². The summed E-state index contributed by atoms with van der Waals surface area (Å²) in [6, 6.07) is 5.12. The maximum Gasteiger partial charge on any atom is 0.296 e. The van der Waals surface area contributed by atoms with Gasteiger partial charge in [-0.3, -0.25) is 4.79 Å². The molecule has 1 heterocycles. The van der Waals surface area contributed by atoms with E-state index >= 15 is 0 Å². The lowest BCUT2D eigenvalue weighted by Gasteiger charge is -2.23. The summed E-state index contributed by atoms with van der Waals surface area (Å²) in [4.78, 5) is 12.2. The monoisotopic (exact) mass is 267 g/mol. The highest BCUT2D eigenvalue weighted by Gasteiger charge is 2.18. The molecule has 0 aliphatic carbocycles. The SMILES string of the molecule is COc1cc(OC)cc(C(=O)N[NH+]2CCOCC2)c1. The summed E-state index contributed by atoms with van der Waals surface area (Å²) in [7, 11) is 3.12. The van der Waals surface area contributed by atoms with E-state index in [0.717, 1.165) is 18.1 Å². The number of carbonyl (C=O) groups excluding carboxylic acids is 1. The standard InChI is InChI=1S/C13H18N2O4/c1-17-11-7-10(8-12(9-11)18-2)13(16)14-15-3-5-19-6-4-15/h7-9H,3-6H2,1-2H3,(H,14,16)/p+1. The molecule has 104 valence electrons. The van der Waals surface area contributed by atoms with E-state index in [1.54, 1.807) is 32.4 Å². The van der Waals surface area contributed by atoms with Crippen molar-refractivity contribution in [2.45, 2.75) is 0 Å². The number of methoxy groups -OCH3 is 2. The third-order valence-electron chi connectivity index (χ3n) is 3.00. The first kappa shape index (κ1) is 13.6. The second kappa shape index (κ2) is 6.40. The number of amides is 1. The minimum atomic E-state index is -0.144. The Bertz CT molecular complexity index is 422. The van der Waals surface area contributed by atoms with Gasteiger partial charge in [0, 0.05) is 6.07 Å². The summed E-state index contributed by atoms with van der Waals surface area (Å²) in [5.41, 5.74) is 3.45. The first-order valence-electron chi connectivity index (χ1n) is 6.20. The van der Waals surface area contributed by atoms with Crippen molar-refractivity contribution in [1.82, 2.24) is 5.43 Å². The Balaban J connectivity index is 2.08. The number of quaternary nitrogens is 1. The maximum atomic E-state index is 12.2. The van der Waals surface area contributed by atoms with Crippen molar-refractivity contribution in [2.75, 3.05) is 40.5 Å². The molecule has 1 aliphatic heterocycles. The van der Waals surface area contributed by atoms with Crippen LogP contribution in [-0.4, -0.2) is 46.4 Å². The van der Waals surface area contributed by atoms with Gasteiger partial charge in [0.1, 0.15) is 24.6 Å². The third-order valence-corrected chi connectivity index (χ3v) is 3.00. The maximum absolute atomic E-state index is 12.2. The smallest absolute Gasteiger partial charge is 0.296 e. The van der Waals surface area contributed by atoms with Gasteiger partial charge in [-0.25, -0.2) is 5.01 Å². The molecule has 1 aliphatic rings. The highest BCUT2D eigenvalue weighted by molar-refractivity contribution is 5.94. The Morgan fingerprint density at radius 3 is 2.26 bits per heavy atom. The summed E-state index contributed by atoms with van der Waals surface area (Å²) < 4.78 is 15.5. The van der Waals surface area contributed by atoms with Crippen LogP contribution in [0.15, 0.2) is 18.2 Å². The van der Waals surface area contributed by atoms with Crippen LogP contribution in [0.25, 0.3) is 0 Å². The molecule has 19 heavy (non-hydrogen) atoms. The molecule has 1 amide bonds. The molecule has 1 aromatic rings. The Labute approximate surface area is 112 Å². The van der Waals surface area contributed by atoms with Crippen molar-refractivity contribution in [3.8, 4) is 11.5 Å². The zero-order valence-electron chi connectivity index (χ0n) is 11.2. The molecule has 0 radical (unpaired) electrons. The van der Waals surface area contributed by atoms with Gasteiger partial charge in [0.15, 0.2) is 0 Å². The van der Waals surface area contributed by atoms with E-state index in [1.807, 2.05) is 0 Å². The van der Waals surface area contributed by atoms with E-state index in [9.17, 15) is 4.79 Å². The summed E-state index contributed by atoms with van der Waals surface area (Å²) in [5, 5.41) is 1.01. The van der Waals surface area contributed by atoms with Crippen LogP contribution in [0, 0.1) is 0 Å². The molecule has 0 spiro atoms. The van der Waals surface area contributed by atoms with Crippen LogP contribution in [0.4, 0.5) is 0 Å². The lowest BCUT2D eigenvalue weighted by Crippen LogP contribution is -3.20. The lowest BCUT2D eigenvalue weighted by molar-refractivity contribution is -0.942. The van der Waals surface area contributed by atoms with Crippen LogP contribution >= 0.6 is 0 Å². The van der Waals surface area contributed by atoms with E-state index in [1.165, 1.54) is 0 Å². The molecular formula is C13H19N2O4+. The zero-order valence-corrected chi connectivity index (χ0v) is 11.2. The van der Waals surface area contributed by atoms with E-state index in [-0.39, 0.29) is 5.91 Å². The van der Waals surface area contributed by atoms with Gasteiger partial charge in [-0.1, -0.05) is 0 Å². The Kier molecular flexibility index (Phi) is 4.59. The zero-order chi connectivity index (χ0) is 13.7. The van der Waals surface area contributed by atoms with E-state index < -0.39 is 0 Å². The average molecular weight is 267 g/mol. The number of nitrogens with one attached hydrogen (secondary N) is 2. The third kappa shape index (κ3) is 3.59. The Hall–Kier alpha value is -1.79. The van der Waals surface area contributed by atoms with Gasteiger partial charge in [0.05, 0.1) is 33.0 Å². The fraction of sp³-hybridized carbons (Fsp3) is 0.462. The highest BCUT2D eigenvalue weighted by atomic mass is 16.5. The Morgan fingerprint density at radius 2 is 1.74 bits per heavy atom. The number of morpholine rings is 1. The van der Waals surface area contributed by atoms with Gasteiger partial charge >= 0.3 is 0 Å². The van der Waals surface area contributed by atoms with Gasteiger partial charge in [0.25, 0.3) is 5.91 Å². The number of ether oxygens (including phenoxy) is 3. The van der Waals surface area contributed by atoms with Crippen LogP contribution in [-0.2, 0) is 4.74 Å². The number of carbonyl (C=O) groups is 1. The first-order valence-corrected chi connectivity index (χ1v) is 6.20. The molecule has 2 rings (SSSR count). The number of hydrogen-bond donors (Lipinski definition) is 2. The van der Waals surface area contributed by atoms with Gasteiger partial charge in [-0.05, 0) is 12.1 Å². The second-order valence-corrected chi connectivity index (χ2v) is 4.27. The molecule has 6 heteroatoms. The average Bonchev–Trinajstić information content (AvgIpc) is 2.47. The molecule has 1 fully saturated rings. The van der Waals surface area contributed by atoms with E-state index in [4.69, 9.17) is 14.2 Å². The molecule has 2 N–H and O–H groups in total. The number of hydrogen-bond acceptors (Lipinski definition) is 4. The molecule has 1 aromatic carbocycles. The van der Waals surface area contributed by atoms with Crippen molar-refractivity contribution < 1.29 is 24.0 Å². The molecule has 0 unspecified atom stereocenters. The predicted molar refractivity (Wildman–Crippen MR) is 68.5 cm³/mol. The van der Waals surface area contributed by atoms with Crippen LogP contribution in [0.5, 0.6) is 11.5 Å². The molecular weight excluding hydrogens is 248 g/mol. The molecule has 1 saturated heterocycles. The van der Waals surface area contributed by atoms with Crippen molar-refractivity contribution in [2.24, 2.45) is 0 Å². The van der Waals surface area contributed by atoms with E-state index in [2.05, 4.69) is 5.43 Å². The predicted octanol–water partition coefficient (Wildman–Crippen LogP) is -0.736. The largest absolute Gasteiger partial charge is 0.497 e. The minimum absolute atomic E-state index is 0.144. The van der Waals surface area contributed by atoms with Crippen LogP contribution in [0.3, 0.4) is 0 Å². The summed E-state index contributed by atoms with van der Waals surface area (Å²) in [6.45, 7) is 2.87. The summed E-state index contributed by atoms with van der Waals surface area (Å²) in [6.07, 6.45) is 0. The van der Waals surface area contributed by atoms with Crippen molar-refractivity contribution >= 4 is 5.91 Å².